The van der Waals surface area contributed by atoms with Gasteiger partial charge in [-0.15, -0.1) is 0 Å². The fourth-order valence-corrected chi connectivity index (χ4v) is 2.10. The summed E-state index contributed by atoms with van der Waals surface area (Å²) in [6.07, 6.45) is 3.36. The molecule has 1 heterocycles. The fourth-order valence-electron chi connectivity index (χ4n) is 1.68. The van der Waals surface area contributed by atoms with Gasteiger partial charge in [-0.25, -0.2) is 4.79 Å². The van der Waals surface area contributed by atoms with E-state index in [-0.39, 0.29) is 22.2 Å². The number of carbonyl (C=O) groups excluding carboxylic acids is 1. The van der Waals surface area contributed by atoms with Crippen LogP contribution in [-0.4, -0.2) is 11.0 Å². The molecule has 0 amide bonds. The predicted molar refractivity (Wildman–Crippen MR) is 79.0 cm³/mol. The third-order valence-corrected chi connectivity index (χ3v) is 3.37. The van der Waals surface area contributed by atoms with Crippen molar-refractivity contribution >= 4 is 34.9 Å². The van der Waals surface area contributed by atoms with E-state index in [4.69, 9.17) is 33.7 Å². The van der Waals surface area contributed by atoms with Gasteiger partial charge >= 0.3 is 5.97 Å². The molecule has 4 nitrogen and oxygen atoms in total. The minimum Gasteiger partial charge on any atom is -0.457 e. The van der Waals surface area contributed by atoms with Gasteiger partial charge in [0, 0.05) is 23.6 Å². The number of carbonyl (C=O) groups is 1. The summed E-state index contributed by atoms with van der Waals surface area (Å²) in [4.78, 5) is 16.0. The number of hydrogen-bond donors (Lipinski definition) is 1. The number of rotatable bonds is 3. The van der Waals surface area contributed by atoms with Crippen LogP contribution in [0.2, 0.25) is 10.0 Å². The maximum absolute atomic E-state index is 12.0. The summed E-state index contributed by atoms with van der Waals surface area (Å²) in [6, 6.07) is 4.80. The highest BCUT2D eigenvalue weighted by atomic mass is 35.5. The molecule has 0 aliphatic rings. The topological polar surface area (TPSA) is 65.2 Å². The molecule has 6 heteroatoms. The smallest absolute Gasteiger partial charge is 0.340 e. The van der Waals surface area contributed by atoms with E-state index in [1.807, 2.05) is 13.0 Å². The van der Waals surface area contributed by atoms with Crippen LogP contribution in [0.1, 0.15) is 21.5 Å². The number of aryl methyl sites for hydroxylation is 1. The third kappa shape index (κ3) is 3.40. The van der Waals surface area contributed by atoms with E-state index >= 15 is 0 Å². The summed E-state index contributed by atoms with van der Waals surface area (Å²) < 4.78 is 5.18. The Morgan fingerprint density at radius 2 is 2.05 bits per heavy atom. The Labute approximate surface area is 126 Å². The third-order valence-electron chi connectivity index (χ3n) is 2.57. The quantitative estimate of drug-likeness (QED) is 0.694. The molecule has 1 aromatic heterocycles. The first-order valence-corrected chi connectivity index (χ1v) is 6.55. The van der Waals surface area contributed by atoms with Crippen molar-refractivity contribution in [2.24, 2.45) is 0 Å². The van der Waals surface area contributed by atoms with Crippen LogP contribution in [0.4, 0.5) is 5.69 Å². The number of ether oxygens (including phenoxy) is 1. The van der Waals surface area contributed by atoms with E-state index < -0.39 is 5.97 Å². The lowest BCUT2D eigenvalue weighted by atomic mass is 10.2. The van der Waals surface area contributed by atoms with E-state index in [2.05, 4.69) is 4.98 Å². The van der Waals surface area contributed by atoms with Gasteiger partial charge in [0.05, 0.1) is 15.6 Å². The van der Waals surface area contributed by atoms with Gasteiger partial charge in [0.15, 0.2) is 0 Å². The number of nitrogens with zero attached hydrogens (tertiary/aromatic N) is 1. The molecule has 0 fully saturated rings. The van der Waals surface area contributed by atoms with Gasteiger partial charge in [0.25, 0.3) is 0 Å². The largest absolute Gasteiger partial charge is 0.457 e. The molecule has 0 saturated heterocycles. The summed E-state index contributed by atoms with van der Waals surface area (Å²) in [6.45, 7) is 2.02. The van der Waals surface area contributed by atoms with E-state index in [9.17, 15) is 4.79 Å². The number of halogens is 2. The van der Waals surface area contributed by atoms with Crippen LogP contribution in [0, 0.1) is 6.92 Å². The lowest BCUT2D eigenvalue weighted by Crippen LogP contribution is -2.07. The normalized spacial score (nSPS) is 10.3. The predicted octanol–water partition coefficient (Wildman–Crippen LogP) is 3.64. The maximum Gasteiger partial charge on any atom is 0.340 e. The number of pyridine rings is 1. The van der Waals surface area contributed by atoms with Crippen molar-refractivity contribution in [2.75, 3.05) is 5.73 Å². The first kappa shape index (κ1) is 14.6. The molecule has 0 aliphatic heterocycles. The van der Waals surface area contributed by atoms with Crippen molar-refractivity contribution < 1.29 is 9.53 Å². The molecule has 1 aromatic carbocycles. The van der Waals surface area contributed by atoms with Gasteiger partial charge in [-0.1, -0.05) is 23.2 Å². The van der Waals surface area contributed by atoms with Gasteiger partial charge in [-0.3, -0.25) is 4.98 Å². The Morgan fingerprint density at radius 3 is 2.75 bits per heavy atom. The zero-order chi connectivity index (χ0) is 14.7. The fraction of sp³-hybridized carbons (Fsp3) is 0.143. The number of esters is 1. The molecule has 0 bridgehead atoms. The molecular weight excluding hydrogens is 299 g/mol. The van der Waals surface area contributed by atoms with Gasteiger partial charge in [0.2, 0.25) is 0 Å². The van der Waals surface area contributed by atoms with Gasteiger partial charge in [0.1, 0.15) is 6.61 Å². The van der Waals surface area contributed by atoms with E-state index in [1.54, 1.807) is 12.4 Å². The Kier molecular flexibility index (Phi) is 4.47. The van der Waals surface area contributed by atoms with Crippen LogP contribution in [0.5, 0.6) is 0 Å². The maximum atomic E-state index is 12.0. The SMILES string of the molecule is Cc1cncc(COC(=O)c2cc(N)cc(Cl)c2Cl)c1. The number of benzene rings is 1. The van der Waals surface area contributed by atoms with Crippen molar-refractivity contribution in [3.63, 3.8) is 0 Å². The number of nitrogen functional groups attached to an aromatic ring is 1. The second-order valence-corrected chi connectivity index (χ2v) is 5.10. The van der Waals surface area contributed by atoms with Crippen LogP contribution in [0.15, 0.2) is 30.6 Å². The number of nitrogens with two attached hydrogens (primary N) is 1. The molecule has 0 aliphatic carbocycles. The zero-order valence-electron chi connectivity index (χ0n) is 10.7. The lowest BCUT2D eigenvalue weighted by molar-refractivity contribution is 0.0472. The van der Waals surface area contributed by atoms with Crippen LogP contribution in [0.25, 0.3) is 0 Å². The molecular formula is C14H12Cl2N2O2. The second-order valence-electron chi connectivity index (χ2n) is 4.31. The average Bonchev–Trinajstić information content (AvgIpc) is 2.40. The summed E-state index contributed by atoms with van der Waals surface area (Å²) in [5.74, 6) is -0.578. The van der Waals surface area contributed by atoms with Crippen molar-refractivity contribution in [3.05, 3.63) is 57.3 Å². The summed E-state index contributed by atoms with van der Waals surface area (Å²) in [5, 5.41) is 0.351. The Hall–Kier alpha value is -1.78. The molecule has 104 valence electrons. The van der Waals surface area contributed by atoms with E-state index in [1.165, 1.54) is 12.1 Å². The first-order chi connectivity index (χ1) is 9.47. The zero-order valence-corrected chi connectivity index (χ0v) is 12.2. The van der Waals surface area contributed by atoms with Crippen LogP contribution >= 0.6 is 23.2 Å². The minimum atomic E-state index is -0.578. The summed E-state index contributed by atoms with van der Waals surface area (Å²) >= 11 is 11.8. The molecule has 0 spiro atoms. The Morgan fingerprint density at radius 1 is 1.30 bits per heavy atom. The molecule has 0 unspecified atom stereocenters. The molecule has 0 radical (unpaired) electrons. The Balaban J connectivity index is 2.13. The molecule has 0 saturated carbocycles. The standard InChI is InChI=1S/C14H12Cl2N2O2/c1-8-2-9(6-18-5-8)7-20-14(19)11-3-10(17)4-12(15)13(11)16/h2-6H,7,17H2,1H3. The van der Waals surface area contributed by atoms with Gasteiger partial charge in [-0.2, -0.15) is 0 Å². The van der Waals surface area contributed by atoms with Crippen LogP contribution < -0.4 is 5.73 Å². The van der Waals surface area contributed by atoms with Crippen molar-refractivity contribution in [1.29, 1.82) is 0 Å². The van der Waals surface area contributed by atoms with Crippen molar-refractivity contribution in [2.45, 2.75) is 13.5 Å². The van der Waals surface area contributed by atoms with Crippen LogP contribution in [-0.2, 0) is 11.3 Å². The van der Waals surface area contributed by atoms with Crippen molar-refractivity contribution in [3.8, 4) is 0 Å². The number of hydrogen-bond acceptors (Lipinski definition) is 4. The number of anilines is 1. The molecule has 20 heavy (non-hydrogen) atoms. The van der Waals surface area contributed by atoms with Crippen LogP contribution in [0.3, 0.4) is 0 Å². The molecule has 2 rings (SSSR count). The van der Waals surface area contributed by atoms with Crippen molar-refractivity contribution in [1.82, 2.24) is 4.98 Å². The molecule has 0 atom stereocenters. The minimum absolute atomic E-state index is 0.107. The van der Waals surface area contributed by atoms with Gasteiger partial charge in [-0.05, 0) is 30.7 Å². The number of aromatic nitrogens is 1. The molecule has 2 aromatic rings. The molecule has 2 N–H and O–H groups in total. The summed E-state index contributed by atoms with van der Waals surface area (Å²) in [5.41, 5.74) is 7.92. The summed E-state index contributed by atoms with van der Waals surface area (Å²) in [7, 11) is 0. The van der Waals surface area contributed by atoms with E-state index in [0.29, 0.717) is 5.69 Å². The lowest BCUT2D eigenvalue weighted by Gasteiger charge is -2.08. The van der Waals surface area contributed by atoms with Gasteiger partial charge < -0.3 is 10.5 Å². The highest BCUT2D eigenvalue weighted by Gasteiger charge is 2.15. The van der Waals surface area contributed by atoms with E-state index in [0.717, 1.165) is 11.1 Å². The monoisotopic (exact) mass is 310 g/mol. The highest BCUT2D eigenvalue weighted by molar-refractivity contribution is 6.44. The average molecular weight is 311 g/mol. The Bertz CT molecular complexity index is 660. The highest BCUT2D eigenvalue weighted by Crippen LogP contribution is 2.29. The first-order valence-electron chi connectivity index (χ1n) is 5.79. The second kappa shape index (κ2) is 6.11.